The van der Waals surface area contributed by atoms with Crippen LogP contribution in [-0.4, -0.2) is 112 Å². The van der Waals surface area contributed by atoms with E-state index < -0.39 is 10.8 Å². The summed E-state index contributed by atoms with van der Waals surface area (Å²) in [6.07, 6.45) is 3.00. The predicted octanol–water partition coefficient (Wildman–Crippen LogP) is 20.3. The molecule has 0 atom stereocenters. The first-order valence-electron chi connectivity index (χ1n) is 35.3. The molecule has 0 fully saturated rings. The van der Waals surface area contributed by atoms with Crippen LogP contribution in [0.1, 0.15) is 59.1 Å². The van der Waals surface area contributed by atoms with Crippen molar-refractivity contribution < 1.29 is 37.9 Å². The van der Waals surface area contributed by atoms with Gasteiger partial charge in [-0.05, 0) is 201 Å². The standard InChI is InChI=1S/C90H90N2O8/c1-63-27-33-76-78-36-31-73(61-85(78)89(83(76)55-63,39-43-97-51-47-93-3)40-44-98-52-48-94-4)91(74-32-37-79-77-34-28-64(2)56-84(77)90(86(79)62-74,41-45-99-53-49-95-5)42-46-100-54-50-96-6)72-30-35-75(81(60-72)66-19-11-8-12-20-66)70-29-38-88-82(59-70)80-25-13-14-26-87(80)92(88)71-24-16-23-69(58-71)68-22-15-21-67(57-68)65-17-9-7-10-18-65/h7-38,55-62H,39-54H2,1-6H3. The number of hydrogen-bond donors (Lipinski definition) is 0. The maximum atomic E-state index is 6.45. The molecule has 11 aromatic carbocycles. The van der Waals surface area contributed by atoms with Crippen molar-refractivity contribution in [3.63, 3.8) is 0 Å². The molecule has 0 aliphatic heterocycles. The zero-order chi connectivity index (χ0) is 68.4. The van der Waals surface area contributed by atoms with E-state index in [1.807, 2.05) is 0 Å². The lowest BCUT2D eigenvalue weighted by Gasteiger charge is -2.35. The van der Waals surface area contributed by atoms with Crippen LogP contribution in [0.3, 0.4) is 0 Å². The molecule has 12 aromatic rings. The molecule has 14 rings (SSSR count). The molecule has 100 heavy (non-hydrogen) atoms. The van der Waals surface area contributed by atoms with Gasteiger partial charge in [0.25, 0.3) is 0 Å². The largest absolute Gasteiger partial charge is 0.382 e. The molecule has 0 saturated heterocycles. The van der Waals surface area contributed by atoms with Gasteiger partial charge in [0.15, 0.2) is 0 Å². The molecule has 0 amide bonds. The van der Waals surface area contributed by atoms with Crippen molar-refractivity contribution in [2.24, 2.45) is 0 Å². The van der Waals surface area contributed by atoms with Gasteiger partial charge in [-0.1, -0.05) is 181 Å². The highest BCUT2D eigenvalue weighted by Gasteiger charge is 2.45. The second kappa shape index (κ2) is 31.1. The van der Waals surface area contributed by atoms with Crippen LogP contribution >= 0.6 is 0 Å². The molecule has 10 heteroatoms. The predicted molar refractivity (Wildman–Crippen MR) is 408 cm³/mol. The van der Waals surface area contributed by atoms with Crippen LogP contribution in [-0.2, 0) is 48.7 Å². The van der Waals surface area contributed by atoms with Gasteiger partial charge < -0.3 is 47.4 Å². The van der Waals surface area contributed by atoms with Gasteiger partial charge in [-0.3, -0.25) is 0 Å². The second-order valence-electron chi connectivity index (χ2n) is 26.7. The average Bonchev–Trinajstić information content (AvgIpc) is 1.57. The van der Waals surface area contributed by atoms with Crippen molar-refractivity contribution in [1.29, 1.82) is 0 Å². The Morgan fingerprint density at radius 3 is 1.21 bits per heavy atom. The van der Waals surface area contributed by atoms with E-state index in [0.29, 0.717) is 79.3 Å². The SMILES string of the molecule is COCCOCCC1(CCOCCOC)c2cc(C)ccc2-c2ccc(N(c3ccc(-c4ccc5c(c4)c4ccccc4n5-c4cccc(-c5cccc(-c6ccccc6)c5)c4)c(-c4ccccc4)c3)c3ccc4c(c3)C(CCOCCOC)(CCOCCOC)c3cc(C)ccc3-4)cc21. The summed E-state index contributed by atoms with van der Waals surface area (Å²) in [5.74, 6) is 0. The maximum absolute atomic E-state index is 6.45. The third-order valence-electron chi connectivity index (χ3n) is 20.7. The smallest absolute Gasteiger partial charge is 0.0700 e. The van der Waals surface area contributed by atoms with Crippen molar-refractivity contribution >= 4 is 38.9 Å². The Kier molecular flexibility index (Phi) is 21.1. The Labute approximate surface area is 589 Å². The molecule has 508 valence electrons. The van der Waals surface area contributed by atoms with Gasteiger partial charge in [-0.25, -0.2) is 0 Å². The number of anilines is 3. The van der Waals surface area contributed by atoms with Crippen molar-refractivity contribution in [2.45, 2.75) is 50.4 Å². The number of ether oxygens (including phenoxy) is 8. The third-order valence-corrected chi connectivity index (χ3v) is 20.7. The van der Waals surface area contributed by atoms with Crippen LogP contribution in [0.5, 0.6) is 0 Å². The first-order chi connectivity index (χ1) is 49.2. The van der Waals surface area contributed by atoms with E-state index in [0.717, 1.165) is 87.3 Å². The Balaban J connectivity index is 0.944. The summed E-state index contributed by atoms with van der Waals surface area (Å²) in [5.41, 5.74) is 27.4. The Bertz CT molecular complexity index is 4640. The minimum absolute atomic E-state index is 0.450. The Morgan fingerprint density at radius 1 is 0.280 bits per heavy atom. The number of benzene rings is 11. The summed E-state index contributed by atoms with van der Waals surface area (Å²) in [4.78, 5) is 2.51. The lowest BCUT2D eigenvalue weighted by molar-refractivity contribution is 0.0490. The quantitative estimate of drug-likeness (QED) is 0.0383. The molecule has 0 unspecified atom stereocenters. The summed E-state index contributed by atoms with van der Waals surface area (Å²) >= 11 is 0. The normalized spacial score (nSPS) is 13.2. The summed E-state index contributed by atoms with van der Waals surface area (Å²) in [7, 11) is 6.91. The van der Waals surface area contributed by atoms with Gasteiger partial charge in [0, 0.05) is 99.2 Å². The van der Waals surface area contributed by atoms with Gasteiger partial charge >= 0.3 is 0 Å². The highest BCUT2D eigenvalue weighted by atomic mass is 16.5. The molecule has 0 saturated carbocycles. The molecule has 1 heterocycles. The lowest BCUT2D eigenvalue weighted by atomic mass is 9.72. The van der Waals surface area contributed by atoms with Crippen LogP contribution in [0.2, 0.25) is 0 Å². The molecule has 2 aliphatic rings. The summed E-state index contributed by atoms with van der Waals surface area (Å²) in [6, 6.07) is 90.7. The van der Waals surface area contributed by atoms with Crippen LogP contribution in [0, 0.1) is 13.8 Å². The minimum atomic E-state index is -0.450. The number of nitrogens with zero attached hydrogens (tertiary/aromatic N) is 2. The number of aryl methyl sites for hydroxylation is 2. The highest BCUT2D eigenvalue weighted by Crippen LogP contribution is 2.58. The molecule has 0 spiro atoms. The van der Waals surface area contributed by atoms with Crippen LogP contribution in [0.4, 0.5) is 17.1 Å². The summed E-state index contributed by atoms with van der Waals surface area (Å²) < 4.78 is 50.2. The van der Waals surface area contributed by atoms with Crippen LogP contribution in [0.15, 0.2) is 243 Å². The van der Waals surface area contributed by atoms with E-state index in [2.05, 4.69) is 266 Å². The highest BCUT2D eigenvalue weighted by molar-refractivity contribution is 6.11. The van der Waals surface area contributed by atoms with E-state index in [1.54, 1.807) is 28.4 Å². The fraction of sp³-hybridized carbons (Fsp3) is 0.267. The van der Waals surface area contributed by atoms with E-state index in [-0.39, 0.29) is 0 Å². The second-order valence-corrected chi connectivity index (χ2v) is 26.7. The zero-order valence-electron chi connectivity index (χ0n) is 58.6. The van der Waals surface area contributed by atoms with E-state index in [1.165, 1.54) is 83.1 Å². The first kappa shape index (κ1) is 67.9. The summed E-state index contributed by atoms with van der Waals surface area (Å²) in [5, 5.41) is 2.38. The van der Waals surface area contributed by atoms with Gasteiger partial charge in [-0.2, -0.15) is 0 Å². The summed E-state index contributed by atoms with van der Waals surface area (Å²) in [6.45, 7) is 10.7. The molecular formula is C90H90N2O8. The van der Waals surface area contributed by atoms with Gasteiger partial charge in [0.05, 0.1) is 63.9 Å². The topological polar surface area (TPSA) is 82.0 Å². The number of rotatable bonds is 32. The van der Waals surface area contributed by atoms with Crippen molar-refractivity contribution in [3.8, 4) is 72.4 Å². The molecule has 1 aromatic heterocycles. The molecule has 10 nitrogen and oxygen atoms in total. The molecule has 2 aliphatic carbocycles. The molecular weight excluding hydrogens is 1240 g/mol. The van der Waals surface area contributed by atoms with E-state index in [9.17, 15) is 0 Å². The lowest BCUT2D eigenvalue weighted by Crippen LogP contribution is -2.30. The van der Waals surface area contributed by atoms with E-state index >= 15 is 0 Å². The number of aromatic nitrogens is 1. The van der Waals surface area contributed by atoms with Gasteiger partial charge in [0.2, 0.25) is 0 Å². The fourth-order valence-electron chi connectivity index (χ4n) is 15.7. The number of para-hydroxylation sites is 1. The fourth-order valence-corrected chi connectivity index (χ4v) is 15.7. The minimum Gasteiger partial charge on any atom is -0.382 e. The van der Waals surface area contributed by atoms with Crippen LogP contribution < -0.4 is 4.90 Å². The van der Waals surface area contributed by atoms with E-state index in [4.69, 9.17) is 37.9 Å². The maximum Gasteiger partial charge on any atom is 0.0700 e. The average molecular weight is 1330 g/mol. The number of hydrogen-bond acceptors (Lipinski definition) is 9. The molecule has 0 N–H and O–H groups in total. The van der Waals surface area contributed by atoms with Gasteiger partial charge in [0.1, 0.15) is 0 Å². The van der Waals surface area contributed by atoms with Crippen molar-refractivity contribution in [3.05, 3.63) is 276 Å². The number of methoxy groups -OCH3 is 4. The van der Waals surface area contributed by atoms with Crippen molar-refractivity contribution in [2.75, 3.05) is 113 Å². The zero-order valence-corrected chi connectivity index (χ0v) is 58.6. The van der Waals surface area contributed by atoms with Crippen LogP contribution in [0.25, 0.3) is 94.3 Å². The van der Waals surface area contributed by atoms with Gasteiger partial charge in [-0.15, -0.1) is 0 Å². The number of fused-ring (bicyclic) bond motifs is 9. The first-order valence-corrected chi connectivity index (χ1v) is 35.3. The monoisotopic (exact) mass is 1330 g/mol. The molecule has 0 radical (unpaired) electrons. The third kappa shape index (κ3) is 13.6. The Hall–Kier alpha value is -9.30. The Morgan fingerprint density at radius 2 is 0.690 bits per heavy atom. The molecule has 0 bridgehead atoms. The van der Waals surface area contributed by atoms with Crippen molar-refractivity contribution in [1.82, 2.24) is 4.57 Å².